The lowest BCUT2D eigenvalue weighted by atomic mass is 10.6. The maximum atomic E-state index is 12.0. The van der Waals surface area contributed by atoms with Gasteiger partial charge in [0.25, 0.3) is 0 Å². The van der Waals surface area contributed by atoms with Crippen molar-refractivity contribution in [3.8, 4) is 0 Å². The van der Waals surface area contributed by atoms with E-state index in [2.05, 4.69) is 9.97 Å². The minimum absolute atomic E-state index is 0.0486. The molecule has 1 aromatic rings. The van der Waals surface area contributed by atoms with Crippen molar-refractivity contribution in [2.45, 2.75) is 6.30 Å². The molecule has 0 amide bonds. The lowest BCUT2D eigenvalue weighted by Crippen LogP contribution is -2.35. The largest absolute Gasteiger partial charge is 0.487 e. The monoisotopic (exact) mass is 177 g/mol. The van der Waals surface area contributed by atoms with Crippen LogP contribution in [-0.4, -0.2) is 23.3 Å². The van der Waals surface area contributed by atoms with E-state index in [0.717, 1.165) is 7.05 Å². The van der Waals surface area contributed by atoms with Crippen molar-refractivity contribution in [3.63, 3.8) is 0 Å². The first-order valence-electron chi connectivity index (χ1n) is 3.09. The first kappa shape index (κ1) is 8.76. The predicted octanol–water partition coefficient (Wildman–Crippen LogP) is 1.43. The zero-order chi connectivity index (χ0) is 9.19. The van der Waals surface area contributed by atoms with Gasteiger partial charge in [0.15, 0.2) is 0 Å². The van der Waals surface area contributed by atoms with Gasteiger partial charge in [-0.15, -0.1) is 13.2 Å². The third-order valence-corrected chi connectivity index (χ3v) is 1.23. The van der Waals surface area contributed by atoms with E-state index in [0.29, 0.717) is 0 Å². The Morgan fingerprint density at radius 2 is 1.75 bits per heavy atom. The van der Waals surface area contributed by atoms with E-state index in [1.54, 1.807) is 0 Å². The van der Waals surface area contributed by atoms with Gasteiger partial charge in [-0.2, -0.15) is 0 Å². The Kier molecular flexibility index (Phi) is 2.16. The minimum Gasteiger partial charge on any atom is -0.255 e. The van der Waals surface area contributed by atoms with E-state index in [9.17, 15) is 13.2 Å². The molecule has 6 heteroatoms. The molecule has 0 aromatic carbocycles. The van der Waals surface area contributed by atoms with Crippen LogP contribution < -0.4 is 4.90 Å². The maximum absolute atomic E-state index is 12.0. The van der Waals surface area contributed by atoms with Crippen LogP contribution in [-0.2, 0) is 0 Å². The quantitative estimate of drug-likeness (QED) is 0.607. The molecule has 1 aromatic heterocycles. The molecule has 0 aliphatic carbocycles. The first-order chi connectivity index (χ1) is 5.52. The number of nitrogens with zero attached hydrogens (tertiary/aromatic N) is 3. The number of halogens is 3. The summed E-state index contributed by atoms with van der Waals surface area (Å²) in [5.41, 5.74) is 0. The second-order valence-corrected chi connectivity index (χ2v) is 2.08. The average molecular weight is 177 g/mol. The fraction of sp³-hybridized carbons (Fsp3) is 0.333. The number of hydrogen-bond donors (Lipinski definition) is 0. The normalized spacial score (nSPS) is 11.3. The minimum atomic E-state index is -4.43. The predicted molar refractivity (Wildman–Crippen MR) is 36.5 cm³/mol. The van der Waals surface area contributed by atoms with Gasteiger partial charge in [0.1, 0.15) is 0 Å². The molecular formula is C6H6F3N3. The molecule has 0 bridgehead atoms. The SMILES string of the molecule is CN(c1ncccn1)C(F)(F)F. The standard InChI is InChI=1S/C6H6F3N3/c1-12(6(7,8)9)5-10-3-2-4-11-5/h2-4H,1H3. The molecule has 66 valence electrons. The van der Waals surface area contributed by atoms with Crippen LogP contribution in [0, 0.1) is 0 Å². The summed E-state index contributed by atoms with van der Waals surface area (Å²) in [5.74, 6) is -0.356. The van der Waals surface area contributed by atoms with Crippen LogP contribution >= 0.6 is 0 Å². The number of rotatable bonds is 1. The Balaban J connectivity index is 2.86. The highest BCUT2D eigenvalue weighted by Crippen LogP contribution is 2.22. The van der Waals surface area contributed by atoms with Crippen molar-refractivity contribution in [1.29, 1.82) is 0 Å². The molecule has 12 heavy (non-hydrogen) atoms. The van der Waals surface area contributed by atoms with Crippen molar-refractivity contribution in [2.24, 2.45) is 0 Å². The Bertz CT molecular complexity index is 246. The Hall–Kier alpha value is -1.33. The highest BCUT2D eigenvalue weighted by Gasteiger charge is 2.35. The molecule has 0 unspecified atom stereocenters. The molecule has 0 spiro atoms. The van der Waals surface area contributed by atoms with Crippen LogP contribution in [0.2, 0.25) is 0 Å². The van der Waals surface area contributed by atoms with Crippen LogP contribution in [0.15, 0.2) is 18.5 Å². The molecule has 0 aliphatic rings. The van der Waals surface area contributed by atoms with E-state index in [4.69, 9.17) is 0 Å². The molecule has 3 nitrogen and oxygen atoms in total. The fourth-order valence-electron chi connectivity index (χ4n) is 0.578. The number of hydrogen-bond acceptors (Lipinski definition) is 3. The maximum Gasteiger partial charge on any atom is 0.487 e. The molecule has 0 radical (unpaired) electrons. The lowest BCUT2D eigenvalue weighted by Gasteiger charge is -2.18. The summed E-state index contributed by atoms with van der Waals surface area (Å²) in [6, 6.07) is 1.45. The number of anilines is 1. The third kappa shape index (κ3) is 1.84. The molecular weight excluding hydrogens is 171 g/mol. The van der Waals surface area contributed by atoms with Gasteiger partial charge in [0, 0.05) is 19.4 Å². The first-order valence-corrected chi connectivity index (χ1v) is 3.09. The van der Waals surface area contributed by atoms with Gasteiger partial charge in [-0.05, 0) is 6.07 Å². The van der Waals surface area contributed by atoms with Crippen LogP contribution in [0.4, 0.5) is 19.1 Å². The molecule has 0 N–H and O–H groups in total. The van der Waals surface area contributed by atoms with Gasteiger partial charge in [0.05, 0.1) is 0 Å². The summed E-state index contributed by atoms with van der Waals surface area (Å²) >= 11 is 0. The molecule has 1 heterocycles. The lowest BCUT2D eigenvalue weighted by molar-refractivity contribution is -0.126. The van der Waals surface area contributed by atoms with Gasteiger partial charge in [0.2, 0.25) is 5.95 Å². The van der Waals surface area contributed by atoms with E-state index >= 15 is 0 Å². The van der Waals surface area contributed by atoms with Gasteiger partial charge >= 0.3 is 6.30 Å². The van der Waals surface area contributed by atoms with Crippen molar-refractivity contribution in [3.05, 3.63) is 18.5 Å². The molecule has 1 rings (SSSR count). The summed E-state index contributed by atoms with van der Waals surface area (Å²) in [5, 5.41) is 0. The number of aromatic nitrogens is 2. The van der Waals surface area contributed by atoms with Gasteiger partial charge in [-0.1, -0.05) is 0 Å². The summed E-state index contributed by atoms with van der Waals surface area (Å²) in [6.07, 6.45) is -1.92. The summed E-state index contributed by atoms with van der Waals surface area (Å²) in [7, 11) is 0.870. The van der Waals surface area contributed by atoms with Crippen LogP contribution in [0.1, 0.15) is 0 Å². The van der Waals surface area contributed by atoms with Gasteiger partial charge in [-0.25, -0.2) is 9.97 Å². The smallest absolute Gasteiger partial charge is 0.255 e. The summed E-state index contributed by atoms with van der Waals surface area (Å²) in [4.78, 5) is 6.93. The van der Waals surface area contributed by atoms with Crippen LogP contribution in [0.25, 0.3) is 0 Å². The van der Waals surface area contributed by atoms with E-state index in [-0.39, 0.29) is 10.8 Å². The Morgan fingerprint density at radius 1 is 1.25 bits per heavy atom. The molecule has 0 atom stereocenters. The average Bonchev–Trinajstić information content (AvgIpc) is 2.03. The highest BCUT2D eigenvalue weighted by molar-refractivity contribution is 5.27. The number of alkyl halides is 3. The molecule has 0 aliphatic heterocycles. The highest BCUT2D eigenvalue weighted by atomic mass is 19.4. The van der Waals surface area contributed by atoms with Crippen molar-refractivity contribution >= 4 is 5.95 Å². The van der Waals surface area contributed by atoms with Crippen LogP contribution in [0.3, 0.4) is 0 Å². The van der Waals surface area contributed by atoms with E-state index < -0.39 is 6.30 Å². The fourth-order valence-corrected chi connectivity index (χ4v) is 0.578. The Labute approximate surface area is 66.9 Å². The second kappa shape index (κ2) is 2.96. The van der Waals surface area contributed by atoms with E-state index in [1.807, 2.05) is 0 Å². The van der Waals surface area contributed by atoms with Gasteiger partial charge < -0.3 is 0 Å². The van der Waals surface area contributed by atoms with Gasteiger partial charge in [-0.3, -0.25) is 4.90 Å². The molecule has 0 fully saturated rings. The zero-order valence-electron chi connectivity index (χ0n) is 6.21. The topological polar surface area (TPSA) is 29.0 Å². The third-order valence-electron chi connectivity index (χ3n) is 1.23. The second-order valence-electron chi connectivity index (χ2n) is 2.08. The van der Waals surface area contributed by atoms with Crippen molar-refractivity contribution < 1.29 is 13.2 Å². The van der Waals surface area contributed by atoms with Crippen LogP contribution in [0.5, 0.6) is 0 Å². The zero-order valence-corrected chi connectivity index (χ0v) is 6.21. The molecule has 0 saturated heterocycles. The van der Waals surface area contributed by atoms with Crippen molar-refractivity contribution in [2.75, 3.05) is 11.9 Å². The van der Waals surface area contributed by atoms with Crippen molar-refractivity contribution in [1.82, 2.24) is 9.97 Å². The van der Waals surface area contributed by atoms with E-state index in [1.165, 1.54) is 18.5 Å². The Morgan fingerprint density at radius 3 is 2.17 bits per heavy atom. The summed E-state index contributed by atoms with van der Waals surface area (Å²) < 4.78 is 35.9. The molecule has 0 saturated carbocycles. The summed E-state index contributed by atoms with van der Waals surface area (Å²) in [6.45, 7) is 0.